The maximum Gasteiger partial charge on any atom is 0.335 e. The first-order valence-corrected chi connectivity index (χ1v) is 8.93. The molecule has 2 aromatic rings. The fourth-order valence-corrected chi connectivity index (χ4v) is 2.94. The van der Waals surface area contributed by atoms with Crippen molar-refractivity contribution in [3.05, 3.63) is 71.3 Å². The van der Waals surface area contributed by atoms with Gasteiger partial charge in [-0.15, -0.1) is 0 Å². The zero-order valence-corrected chi connectivity index (χ0v) is 15.2. The maximum absolute atomic E-state index is 11.2. The van der Waals surface area contributed by atoms with E-state index < -0.39 is 5.97 Å². The second-order valence-electron chi connectivity index (χ2n) is 6.23. The highest BCUT2D eigenvalue weighted by molar-refractivity contribution is 5.87. The number of carbonyl (C=O) groups is 1. The summed E-state index contributed by atoms with van der Waals surface area (Å²) in [6, 6.07) is 17.7. The van der Waals surface area contributed by atoms with Crippen LogP contribution in [-0.4, -0.2) is 47.1 Å². The van der Waals surface area contributed by atoms with Gasteiger partial charge in [-0.25, -0.2) is 4.79 Å². The lowest BCUT2D eigenvalue weighted by molar-refractivity contribution is 0.0696. The molecule has 0 aliphatic heterocycles. The first-order chi connectivity index (χ1) is 12.1. The molecule has 0 radical (unpaired) electrons. The van der Waals surface area contributed by atoms with E-state index in [1.807, 2.05) is 18.2 Å². The molecule has 2 aromatic carbocycles. The van der Waals surface area contributed by atoms with E-state index >= 15 is 0 Å². The molecule has 0 fully saturated rings. The Morgan fingerprint density at radius 1 is 0.840 bits per heavy atom. The van der Waals surface area contributed by atoms with Crippen molar-refractivity contribution in [3.63, 3.8) is 0 Å². The predicted molar refractivity (Wildman–Crippen MR) is 102 cm³/mol. The summed E-state index contributed by atoms with van der Waals surface area (Å²) in [4.78, 5) is 16.0. The van der Waals surface area contributed by atoms with Gasteiger partial charge >= 0.3 is 5.97 Å². The molecule has 0 amide bonds. The van der Waals surface area contributed by atoms with Gasteiger partial charge < -0.3 is 10.0 Å². The predicted octanol–water partition coefficient (Wildman–Crippen LogP) is 3.73. The van der Waals surface area contributed by atoms with Crippen LogP contribution in [-0.2, 0) is 13.1 Å². The van der Waals surface area contributed by atoms with Crippen molar-refractivity contribution in [1.82, 2.24) is 9.80 Å². The molecule has 0 spiro atoms. The Balaban J connectivity index is 2.10. The standard InChI is InChI=1S/C21H28N2O2/c1-3-22(4-2)13-14-23(16-18-9-6-5-7-10-18)17-19-11-8-12-20(15-19)21(24)25/h5-12,15H,3-4,13-14,16-17H2,1-2H3,(H,24,25). The number of carboxylic acid groups (broad SMARTS) is 1. The number of hydrogen-bond acceptors (Lipinski definition) is 3. The lowest BCUT2D eigenvalue weighted by Gasteiger charge is -2.26. The van der Waals surface area contributed by atoms with Crippen LogP contribution in [0.25, 0.3) is 0 Å². The first kappa shape index (κ1) is 19.2. The van der Waals surface area contributed by atoms with Gasteiger partial charge in [-0.1, -0.05) is 56.3 Å². The number of benzene rings is 2. The van der Waals surface area contributed by atoms with Crippen LogP contribution < -0.4 is 0 Å². The Labute approximate surface area is 150 Å². The molecule has 134 valence electrons. The van der Waals surface area contributed by atoms with Crippen LogP contribution in [0.2, 0.25) is 0 Å². The van der Waals surface area contributed by atoms with E-state index in [2.05, 4.69) is 47.9 Å². The van der Waals surface area contributed by atoms with Crippen molar-refractivity contribution in [2.24, 2.45) is 0 Å². The van der Waals surface area contributed by atoms with Crippen LogP contribution in [0.15, 0.2) is 54.6 Å². The van der Waals surface area contributed by atoms with E-state index in [0.29, 0.717) is 5.56 Å². The Morgan fingerprint density at radius 2 is 1.44 bits per heavy atom. The smallest absolute Gasteiger partial charge is 0.335 e. The second kappa shape index (κ2) is 9.97. The minimum Gasteiger partial charge on any atom is -0.478 e. The third-order valence-corrected chi connectivity index (χ3v) is 4.46. The molecule has 2 rings (SSSR count). The van der Waals surface area contributed by atoms with Crippen LogP contribution in [0, 0.1) is 0 Å². The minimum absolute atomic E-state index is 0.348. The molecule has 0 aliphatic carbocycles. The second-order valence-corrected chi connectivity index (χ2v) is 6.23. The first-order valence-electron chi connectivity index (χ1n) is 8.93. The molecule has 0 bridgehead atoms. The van der Waals surface area contributed by atoms with E-state index in [1.165, 1.54) is 5.56 Å². The quantitative estimate of drug-likeness (QED) is 0.716. The fourth-order valence-electron chi connectivity index (χ4n) is 2.94. The van der Waals surface area contributed by atoms with Gasteiger partial charge in [-0.05, 0) is 36.3 Å². The highest BCUT2D eigenvalue weighted by Gasteiger charge is 2.11. The number of hydrogen-bond donors (Lipinski definition) is 1. The van der Waals surface area contributed by atoms with Gasteiger partial charge in [-0.2, -0.15) is 0 Å². The number of aromatic carboxylic acids is 1. The van der Waals surface area contributed by atoms with Crippen LogP contribution in [0.3, 0.4) is 0 Å². The molecule has 0 atom stereocenters. The van der Waals surface area contributed by atoms with E-state index in [-0.39, 0.29) is 0 Å². The highest BCUT2D eigenvalue weighted by Crippen LogP contribution is 2.12. The molecule has 1 N–H and O–H groups in total. The van der Waals surface area contributed by atoms with Crippen molar-refractivity contribution in [1.29, 1.82) is 0 Å². The fraction of sp³-hybridized carbons (Fsp3) is 0.381. The summed E-state index contributed by atoms with van der Waals surface area (Å²) in [5.74, 6) is -0.875. The zero-order chi connectivity index (χ0) is 18.1. The van der Waals surface area contributed by atoms with Crippen LogP contribution in [0.4, 0.5) is 0 Å². The molecule has 0 heterocycles. The van der Waals surface area contributed by atoms with Crippen LogP contribution >= 0.6 is 0 Å². The third-order valence-electron chi connectivity index (χ3n) is 4.46. The normalized spacial score (nSPS) is 11.2. The largest absolute Gasteiger partial charge is 0.478 e. The Hall–Kier alpha value is -2.17. The molecule has 4 heteroatoms. The summed E-state index contributed by atoms with van der Waals surface area (Å²) < 4.78 is 0. The zero-order valence-electron chi connectivity index (χ0n) is 15.2. The molecule has 0 saturated carbocycles. The van der Waals surface area contributed by atoms with Gasteiger partial charge in [0.1, 0.15) is 0 Å². The third kappa shape index (κ3) is 6.33. The van der Waals surface area contributed by atoms with Crippen LogP contribution in [0.5, 0.6) is 0 Å². The molecule has 0 unspecified atom stereocenters. The number of nitrogens with zero attached hydrogens (tertiary/aromatic N) is 2. The van der Waals surface area contributed by atoms with Gasteiger partial charge in [0.25, 0.3) is 0 Å². The molecular weight excluding hydrogens is 312 g/mol. The number of rotatable bonds is 10. The van der Waals surface area contributed by atoms with Crippen molar-refractivity contribution in [2.45, 2.75) is 26.9 Å². The van der Waals surface area contributed by atoms with Gasteiger partial charge in [0.05, 0.1) is 5.56 Å². The van der Waals surface area contributed by atoms with E-state index in [1.54, 1.807) is 12.1 Å². The Morgan fingerprint density at radius 3 is 2.08 bits per heavy atom. The summed E-state index contributed by atoms with van der Waals surface area (Å²) in [5, 5.41) is 9.20. The van der Waals surface area contributed by atoms with Crippen molar-refractivity contribution < 1.29 is 9.90 Å². The van der Waals surface area contributed by atoms with Gasteiger partial charge in [0.2, 0.25) is 0 Å². The monoisotopic (exact) mass is 340 g/mol. The Kier molecular flexibility index (Phi) is 7.64. The SMILES string of the molecule is CCN(CC)CCN(Cc1ccccc1)Cc1cccc(C(=O)O)c1. The van der Waals surface area contributed by atoms with Gasteiger partial charge in [0, 0.05) is 26.2 Å². The lowest BCUT2D eigenvalue weighted by Crippen LogP contribution is -2.34. The summed E-state index contributed by atoms with van der Waals surface area (Å²) >= 11 is 0. The van der Waals surface area contributed by atoms with E-state index in [4.69, 9.17) is 0 Å². The summed E-state index contributed by atoms with van der Waals surface area (Å²) in [5.41, 5.74) is 2.66. The number of likely N-dealkylation sites (N-methyl/N-ethyl adjacent to an activating group) is 1. The highest BCUT2D eigenvalue weighted by atomic mass is 16.4. The summed E-state index contributed by atoms with van der Waals surface area (Å²) in [6.45, 7) is 10.0. The molecule has 0 saturated heterocycles. The minimum atomic E-state index is -0.875. The topological polar surface area (TPSA) is 43.8 Å². The van der Waals surface area contributed by atoms with Gasteiger partial charge in [0.15, 0.2) is 0 Å². The molecule has 0 aromatic heterocycles. The van der Waals surface area contributed by atoms with E-state index in [0.717, 1.165) is 44.8 Å². The summed E-state index contributed by atoms with van der Waals surface area (Å²) in [6.07, 6.45) is 0. The summed E-state index contributed by atoms with van der Waals surface area (Å²) in [7, 11) is 0. The molecular formula is C21H28N2O2. The molecule has 25 heavy (non-hydrogen) atoms. The average Bonchev–Trinajstić information content (AvgIpc) is 2.63. The van der Waals surface area contributed by atoms with Crippen molar-refractivity contribution >= 4 is 5.97 Å². The maximum atomic E-state index is 11.2. The van der Waals surface area contributed by atoms with E-state index in [9.17, 15) is 9.90 Å². The molecule has 0 aliphatic rings. The average molecular weight is 340 g/mol. The van der Waals surface area contributed by atoms with Crippen LogP contribution in [0.1, 0.15) is 35.3 Å². The van der Waals surface area contributed by atoms with Crippen molar-refractivity contribution in [2.75, 3.05) is 26.2 Å². The lowest BCUT2D eigenvalue weighted by atomic mass is 10.1. The Bertz CT molecular complexity index is 654. The van der Waals surface area contributed by atoms with Crippen molar-refractivity contribution in [3.8, 4) is 0 Å². The van der Waals surface area contributed by atoms with Gasteiger partial charge in [-0.3, -0.25) is 4.90 Å². The molecule has 4 nitrogen and oxygen atoms in total. The number of carboxylic acids is 1.